The third-order valence-corrected chi connectivity index (χ3v) is 3.62. The number of amides is 1. The summed E-state index contributed by atoms with van der Waals surface area (Å²) in [4.78, 5) is 11.3. The summed E-state index contributed by atoms with van der Waals surface area (Å²) < 4.78 is 6.24. The molecule has 0 aliphatic carbocycles. The fraction of sp³-hybridized carbons (Fsp3) is 0.0714. The van der Waals surface area contributed by atoms with Crippen LogP contribution < -0.4 is 21.1 Å². The molecule has 1 amide bonds. The van der Waals surface area contributed by atoms with Crippen molar-refractivity contribution in [3.8, 4) is 5.75 Å². The maximum Gasteiger partial charge on any atom is 0.262 e. The number of nitrogens with two attached hydrogens (primary N) is 1. The lowest BCUT2D eigenvalue weighted by Crippen LogP contribution is -2.25. The lowest BCUT2D eigenvalue weighted by molar-refractivity contribution is -0.118. The quantitative estimate of drug-likeness (QED) is 0.738. The molecule has 2 aromatic rings. The van der Waals surface area contributed by atoms with Gasteiger partial charge in [-0.2, -0.15) is 0 Å². The Kier molecular flexibility index (Phi) is 3.23. The second kappa shape index (κ2) is 5.05. The second-order valence-electron chi connectivity index (χ2n) is 4.38. The minimum Gasteiger partial charge on any atom is -0.482 e. The molecule has 4 N–H and O–H groups in total. The zero-order valence-electron chi connectivity index (χ0n) is 10.4. The van der Waals surface area contributed by atoms with E-state index in [1.807, 2.05) is 24.3 Å². The number of nitrogens with one attached hydrogen (secondary N) is 2. The number of ether oxygens (including phenoxy) is 1. The average Bonchev–Trinajstić information content (AvgIpc) is 2.42. The van der Waals surface area contributed by atoms with Crippen LogP contribution in [0.5, 0.6) is 5.75 Å². The molecule has 0 fully saturated rings. The van der Waals surface area contributed by atoms with Crippen molar-refractivity contribution in [1.82, 2.24) is 0 Å². The zero-order chi connectivity index (χ0) is 14.1. The lowest BCUT2D eigenvalue weighted by atomic mass is 10.2. The number of benzene rings is 2. The van der Waals surface area contributed by atoms with Crippen molar-refractivity contribution >= 4 is 44.6 Å². The molecule has 0 saturated carbocycles. The third kappa shape index (κ3) is 2.42. The van der Waals surface area contributed by atoms with E-state index in [-0.39, 0.29) is 12.5 Å². The maximum absolute atomic E-state index is 11.3. The van der Waals surface area contributed by atoms with Crippen molar-refractivity contribution in [1.29, 1.82) is 0 Å². The molecule has 1 aliphatic heterocycles. The van der Waals surface area contributed by atoms with Gasteiger partial charge in [0.25, 0.3) is 5.91 Å². The highest BCUT2D eigenvalue weighted by atomic mass is 79.9. The molecule has 0 aromatic heterocycles. The molecule has 5 nitrogen and oxygen atoms in total. The highest BCUT2D eigenvalue weighted by molar-refractivity contribution is 9.10. The molecule has 0 radical (unpaired) electrons. The Morgan fingerprint density at radius 2 is 2.05 bits per heavy atom. The number of rotatable bonds is 2. The Balaban J connectivity index is 1.96. The normalized spacial score (nSPS) is 13.2. The highest BCUT2D eigenvalue weighted by Crippen LogP contribution is 2.37. The Morgan fingerprint density at radius 1 is 1.25 bits per heavy atom. The van der Waals surface area contributed by atoms with Gasteiger partial charge in [0.05, 0.1) is 22.7 Å². The fourth-order valence-electron chi connectivity index (χ4n) is 1.96. The number of carbonyl (C=O) groups is 1. The standard InChI is InChI=1S/C14H12BrN3O2/c15-8-3-1-2-4-10(8)17-11-6-12-13(5-9(11)16)20-7-14(19)18-12/h1-6,17H,7,16H2,(H,18,19). The van der Waals surface area contributed by atoms with Crippen molar-refractivity contribution in [3.63, 3.8) is 0 Å². The topological polar surface area (TPSA) is 76.4 Å². The SMILES string of the molecule is Nc1cc2c(cc1Nc1ccccc1Br)NC(=O)CO2. The molecule has 0 unspecified atom stereocenters. The Hall–Kier alpha value is -2.21. The average molecular weight is 334 g/mol. The first-order chi connectivity index (χ1) is 9.63. The van der Waals surface area contributed by atoms with E-state index in [9.17, 15) is 4.79 Å². The largest absolute Gasteiger partial charge is 0.482 e. The van der Waals surface area contributed by atoms with E-state index in [2.05, 4.69) is 26.6 Å². The van der Waals surface area contributed by atoms with E-state index in [1.165, 1.54) is 0 Å². The Bertz CT molecular complexity index is 688. The molecule has 1 aliphatic rings. The van der Waals surface area contributed by atoms with E-state index < -0.39 is 0 Å². The van der Waals surface area contributed by atoms with Crippen LogP contribution in [0.15, 0.2) is 40.9 Å². The maximum atomic E-state index is 11.3. The molecule has 102 valence electrons. The third-order valence-electron chi connectivity index (χ3n) is 2.93. The van der Waals surface area contributed by atoms with E-state index >= 15 is 0 Å². The number of fused-ring (bicyclic) bond motifs is 1. The summed E-state index contributed by atoms with van der Waals surface area (Å²) in [5.74, 6) is 0.411. The predicted molar refractivity (Wildman–Crippen MR) is 82.4 cm³/mol. The molecule has 1 heterocycles. The molecule has 0 saturated heterocycles. The molecule has 0 bridgehead atoms. The van der Waals surface area contributed by atoms with Gasteiger partial charge in [0.2, 0.25) is 0 Å². The Labute approximate surface area is 124 Å². The van der Waals surface area contributed by atoms with Crippen LogP contribution in [0.4, 0.5) is 22.7 Å². The molecule has 20 heavy (non-hydrogen) atoms. The smallest absolute Gasteiger partial charge is 0.262 e. The minimum absolute atomic E-state index is 0.0173. The molecule has 0 spiro atoms. The van der Waals surface area contributed by atoms with Gasteiger partial charge in [-0.1, -0.05) is 12.1 Å². The second-order valence-corrected chi connectivity index (χ2v) is 5.23. The summed E-state index contributed by atoms with van der Waals surface area (Å²) in [6.45, 7) is 0.0173. The molecule has 6 heteroatoms. The van der Waals surface area contributed by atoms with Crippen molar-refractivity contribution < 1.29 is 9.53 Å². The molecule has 3 rings (SSSR count). The first-order valence-electron chi connectivity index (χ1n) is 6.01. The number of anilines is 4. The first-order valence-corrected chi connectivity index (χ1v) is 6.80. The molecule has 0 atom stereocenters. The number of carbonyl (C=O) groups excluding carboxylic acids is 1. The minimum atomic E-state index is -0.172. The van der Waals surface area contributed by atoms with Crippen LogP contribution in [0, 0.1) is 0 Å². The van der Waals surface area contributed by atoms with Crippen LogP contribution in [0.25, 0.3) is 0 Å². The van der Waals surface area contributed by atoms with Gasteiger partial charge in [-0.3, -0.25) is 4.79 Å². The summed E-state index contributed by atoms with van der Waals surface area (Å²) in [5.41, 5.74) is 8.77. The number of para-hydroxylation sites is 1. The van der Waals surface area contributed by atoms with E-state index in [0.717, 1.165) is 10.2 Å². The van der Waals surface area contributed by atoms with Crippen molar-refractivity contribution in [3.05, 3.63) is 40.9 Å². The highest BCUT2D eigenvalue weighted by Gasteiger charge is 2.18. The van der Waals surface area contributed by atoms with Gasteiger partial charge in [0, 0.05) is 10.5 Å². The van der Waals surface area contributed by atoms with Gasteiger partial charge in [0.15, 0.2) is 6.61 Å². The number of halogens is 1. The van der Waals surface area contributed by atoms with Crippen molar-refractivity contribution in [2.45, 2.75) is 0 Å². The van der Waals surface area contributed by atoms with Gasteiger partial charge in [-0.05, 0) is 34.1 Å². The van der Waals surface area contributed by atoms with Crippen molar-refractivity contribution in [2.24, 2.45) is 0 Å². The predicted octanol–water partition coefficient (Wildman–Crippen LogP) is 3.11. The van der Waals surface area contributed by atoms with E-state index in [1.54, 1.807) is 12.1 Å². The molecule has 2 aromatic carbocycles. The van der Waals surface area contributed by atoms with Crippen LogP contribution in [-0.4, -0.2) is 12.5 Å². The van der Waals surface area contributed by atoms with Crippen LogP contribution in [0.1, 0.15) is 0 Å². The van der Waals surface area contributed by atoms with Gasteiger partial charge in [-0.25, -0.2) is 0 Å². The summed E-state index contributed by atoms with van der Waals surface area (Å²) in [6.07, 6.45) is 0. The molecular weight excluding hydrogens is 322 g/mol. The Morgan fingerprint density at radius 3 is 2.85 bits per heavy atom. The summed E-state index contributed by atoms with van der Waals surface area (Å²) in [5, 5.41) is 5.98. The number of hydrogen-bond donors (Lipinski definition) is 3. The van der Waals surface area contributed by atoms with Gasteiger partial charge in [0.1, 0.15) is 5.75 Å². The monoisotopic (exact) mass is 333 g/mol. The summed E-state index contributed by atoms with van der Waals surface area (Å²) in [7, 11) is 0. The first kappa shape index (κ1) is 12.8. The van der Waals surface area contributed by atoms with Crippen LogP contribution in [0.3, 0.4) is 0 Å². The van der Waals surface area contributed by atoms with Gasteiger partial charge >= 0.3 is 0 Å². The lowest BCUT2D eigenvalue weighted by Gasteiger charge is -2.20. The van der Waals surface area contributed by atoms with Crippen LogP contribution in [-0.2, 0) is 4.79 Å². The van der Waals surface area contributed by atoms with E-state index in [4.69, 9.17) is 10.5 Å². The summed E-state index contributed by atoms with van der Waals surface area (Å²) >= 11 is 3.47. The van der Waals surface area contributed by atoms with Crippen LogP contribution in [0.2, 0.25) is 0 Å². The van der Waals surface area contributed by atoms with E-state index in [0.29, 0.717) is 22.8 Å². The summed E-state index contributed by atoms with van der Waals surface area (Å²) in [6, 6.07) is 11.2. The van der Waals surface area contributed by atoms with Gasteiger partial charge < -0.3 is 21.1 Å². The number of nitrogen functional groups attached to an aromatic ring is 1. The fourth-order valence-corrected chi connectivity index (χ4v) is 2.34. The van der Waals surface area contributed by atoms with Crippen molar-refractivity contribution in [2.75, 3.05) is 23.0 Å². The molecular formula is C14H12BrN3O2. The number of hydrogen-bond acceptors (Lipinski definition) is 4. The van der Waals surface area contributed by atoms with Gasteiger partial charge in [-0.15, -0.1) is 0 Å². The zero-order valence-corrected chi connectivity index (χ0v) is 12.0. The van der Waals surface area contributed by atoms with Crippen LogP contribution >= 0.6 is 15.9 Å².